The first-order valence-corrected chi connectivity index (χ1v) is 6.74. The van der Waals surface area contributed by atoms with Crippen molar-refractivity contribution in [1.29, 1.82) is 0 Å². The molecule has 3 nitrogen and oxygen atoms in total. The zero-order chi connectivity index (χ0) is 12.4. The zero-order valence-corrected chi connectivity index (χ0v) is 10.6. The summed E-state index contributed by atoms with van der Waals surface area (Å²) in [5, 5.41) is 0.679. The normalized spacial score (nSPS) is 13.3. The van der Waals surface area contributed by atoms with Crippen LogP contribution in [0.4, 0.5) is 0 Å². The summed E-state index contributed by atoms with van der Waals surface area (Å²) in [5.74, 6) is 0. The Morgan fingerprint density at radius 1 is 1.11 bits per heavy atom. The molecule has 0 amide bonds. The standard InChI is InChI=1S/C14H12N2OS/c17-9-10-7-15-14(16-8-10)18-13-5-4-11-2-1-3-12(11)6-13/h4-9H,1-3H2. The van der Waals surface area contributed by atoms with E-state index in [2.05, 4.69) is 28.2 Å². The lowest BCUT2D eigenvalue weighted by atomic mass is 10.1. The molecule has 1 aliphatic rings. The number of hydrogen-bond acceptors (Lipinski definition) is 4. The van der Waals surface area contributed by atoms with Gasteiger partial charge in [-0.3, -0.25) is 4.79 Å². The summed E-state index contributed by atoms with van der Waals surface area (Å²) in [6.45, 7) is 0. The van der Waals surface area contributed by atoms with Crippen LogP contribution in [-0.2, 0) is 12.8 Å². The van der Waals surface area contributed by atoms with Crippen molar-refractivity contribution in [3.05, 3.63) is 47.3 Å². The third-order valence-electron chi connectivity index (χ3n) is 3.06. The van der Waals surface area contributed by atoms with Gasteiger partial charge >= 0.3 is 0 Å². The van der Waals surface area contributed by atoms with Crippen molar-refractivity contribution >= 4 is 18.0 Å². The van der Waals surface area contributed by atoms with Crippen molar-refractivity contribution in [1.82, 2.24) is 9.97 Å². The quantitative estimate of drug-likeness (QED) is 0.625. The van der Waals surface area contributed by atoms with E-state index in [1.165, 1.54) is 42.2 Å². The maximum Gasteiger partial charge on any atom is 0.192 e. The van der Waals surface area contributed by atoms with Gasteiger partial charge in [-0.2, -0.15) is 0 Å². The summed E-state index contributed by atoms with van der Waals surface area (Å²) in [5.41, 5.74) is 3.43. The van der Waals surface area contributed by atoms with Gasteiger partial charge in [0.05, 0.1) is 5.56 Å². The van der Waals surface area contributed by atoms with Gasteiger partial charge in [0.25, 0.3) is 0 Å². The van der Waals surface area contributed by atoms with Crippen molar-refractivity contribution < 1.29 is 4.79 Å². The molecule has 4 heteroatoms. The fraction of sp³-hybridized carbons (Fsp3) is 0.214. The molecule has 90 valence electrons. The molecule has 3 rings (SSSR count). The van der Waals surface area contributed by atoms with Gasteiger partial charge in [-0.15, -0.1) is 0 Å². The van der Waals surface area contributed by atoms with E-state index >= 15 is 0 Å². The van der Waals surface area contributed by atoms with Gasteiger partial charge in [-0.25, -0.2) is 9.97 Å². The lowest BCUT2D eigenvalue weighted by molar-refractivity contribution is 0.112. The summed E-state index contributed by atoms with van der Waals surface area (Å²) in [4.78, 5) is 20.0. The second-order valence-corrected chi connectivity index (χ2v) is 5.34. The first-order valence-electron chi connectivity index (χ1n) is 5.92. The molecule has 1 aromatic carbocycles. The summed E-state index contributed by atoms with van der Waals surface area (Å²) >= 11 is 1.53. The van der Waals surface area contributed by atoms with Gasteiger partial charge in [0.2, 0.25) is 0 Å². The molecule has 0 bridgehead atoms. The van der Waals surface area contributed by atoms with Gasteiger partial charge < -0.3 is 0 Å². The Morgan fingerprint density at radius 3 is 2.67 bits per heavy atom. The SMILES string of the molecule is O=Cc1cnc(Sc2ccc3c(c2)CCC3)nc1. The molecule has 0 radical (unpaired) electrons. The molecule has 1 aliphatic carbocycles. The molecule has 1 heterocycles. The smallest absolute Gasteiger partial charge is 0.192 e. The molecular formula is C14H12N2OS. The van der Waals surface area contributed by atoms with Crippen LogP contribution in [0.15, 0.2) is 40.6 Å². The number of aryl methyl sites for hydroxylation is 2. The Hall–Kier alpha value is -1.68. The van der Waals surface area contributed by atoms with Crippen LogP contribution in [0.25, 0.3) is 0 Å². The topological polar surface area (TPSA) is 42.9 Å². The fourth-order valence-corrected chi connectivity index (χ4v) is 2.92. The minimum Gasteiger partial charge on any atom is -0.298 e. The Morgan fingerprint density at radius 2 is 1.89 bits per heavy atom. The molecular weight excluding hydrogens is 244 g/mol. The summed E-state index contributed by atoms with van der Waals surface area (Å²) in [6.07, 6.45) is 7.49. The molecule has 0 unspecified atom stereocenters. The molecule has 1 aromatic heterocycles. The highest BCUT2D eigenvalue weighted by Gasteiger charge is 2.11. The molecule has 0 saturated carbocycles. The number of aromatic nitrogens is 2. The second kappa shape index (κ2) is 4.90. The maximum atomic E-state index is 10.5. The number of fused-ring (bicyclic) bond motifs is 1. The summed E-state index contributed by atoms with van der Waals surface area (Å²) < 4.78 is 0. The first kappa shape index (κ1) is 11.4. The van der Waals surface area contributed by atoms with Crippen LogP contribution < -0.4 is 0 Å². The number of carbonyl (C=O) groups is 1. The van der Waals surface area contributed by atoms with Gasteiger partial charge in [-0.05, 0) is 54.3 Å². The van der Waals surface area contributed by atoms with Gasteiger partial charge in [0, 0.05) is 17.3 Å². The summed E-state index contributed by atoms with van der Waals surface area (Å²) in [6, 6.07) is 6.54. The van der Waals surface area contributed by atoms with Crippen LogP contribution >= 0.6 is 11.8 Å². The lowest BCUT2D eigenvalue weighted by Crippen LogP contribution is -1.89. The average molecular weight is 256 g/mol. The molecule has 0 fully saturated rings. The van der Waals surface area contributed by atoms with E-state index in [1.54, 1.807) is 12.4 Å². The van der Waals surface area contributed by atoms with Crippen molar-refractivity contribution in [3.63, 3.8) is 0 Å². The fourth-order valence-electron chi connectivity index (χ4n) is 2.16. The minimum absolute atomic E-state index is 0.508. The van der Waals surface area contributed by atoms with Crippen LogP contribution in [0.2, 0.25) is 0 Å². The largest absolute Gasteiger partial charge is 0.298 e. The zero-order valence-electron chi connectivity index (χ0n) is 9.80. The number of hydrogen-bond donors (Lipinski definition) is 0. The van der Waals surface area contributed by atoms with E-state index in [9.17, 15) is 4.79 Å². The van der Waals surface area contributed by atoms with Crippen LogP contribution in [0.1, 0.15) is 27.9 Å². The van der Waals surface area contributed by atoms with Gasteiger partial charge in [-0.1, -0.05) is 6.07 Å². The predicted molar refractivity (Wildman–Crippen MR) is 70.0 cm³/mol. The number of aldehydes is 1. The molecule has 18 heavy (non-hydrogen) atoms. The molecule has 0 atom stereocenters. The van der Waals surface area contributed by atoms with E-state index in [-0.39, 0.29) is 0 Å². The second-order valence-electron chi connectivity index (χ2n) is 4.30. The highest BCUT2D eigenvalue weighted by atomic mass is 32.2. The highest BCUT2D eigenvalue weighted by Crippen LogP contribution is 2.30. The number of nitrogens with zero attached hydrogens (tertiary/aromatic N) is 2. The summed E-state index contributed by atoms with van der Waals surface area (Å²) in [7, 11) is 0. The lowest BCUT2D eigenvalue weighted by Gasteiger charge is -2.03. The number of benzene rings is 1. The Balaban J connectivity index is 1.81. The van der Waals surface area contributed by atoms with Crippen molar-refractivity contribution in [3.8, 4) is 0 Å². The van der Waals surface area contributed by atoms with Gasteiger partial charge in [0.15, 0.2) is 11.4 Å². The molecule has 2 aromatic rings. The van der Waals surface area contributed by atoms with Crippen molar-refractivity contribution in [2.24, 2.45) is 0 Å². The Labute approximate surface area is 110 Å². The van der Waals surface area contributed by atoms with Crippen LogP contribution in [-0.4, -0.2) is 16.3 Å². The molecule has 0 spiro atoms. The Kier molecular flexibility index (Phi) is 3.11. The molecule has 0 saturated heterocycles. The Bertz CT molecular complexity index is 581. The van der Waals surface area contributed by atoms with E-state index < -0.39 is 0 Å². The number of carbonyl (C=O) groups excluding carboxylic acids is 1. The predicted octanol–water partition coefficient (Wildman–Crippen LogP) is 2.93. The van der Waals surface area contributed by atoms with Crippen LogP contribution in [0.3, 0.4) is 0 Å². The van der Waals surface area contributed by atoms with Crippen LogP contribution in [0, 0.1) is 0 Å². The van der Waals surface area contributed by atoms with Crippen LogP contribution in [0.5, 0.6) is 0 Å². The minimum atomic E-state index is 0.508. The monoisotopic (exact) mass is 256 g/mol. The maximum absolute atomic E-state index is 10.5. The van der Waals surface area contributed by atoms with E-state index in [4.69, 9.17) is 0 Å². The third kappa shape index (κ3) is 2.29. The number of rotatable bonds is 3. The van der Waals surface area contributed by atoms with Gasteiger partial charge in [0.1, 0.15) is 0 Å². The van der Waals surface area contributed by atoms with E-state index in [1.807, 2.05) is 0 Å². The average Bonchev–Trinajstić information content (AvgIpc) is 2.87. The van der Waals surface area contributed by atoms with E-state index in [0.717, 1.165) is 11.2 Å². The highest BCUT2D eigenvalue weighted by molar-refractivity contribution is 7.99. The van der Waals surface area contributed by atoms with Crippen molar-refractivity contribution in [2.45, 2.75) is 29.3 Å². The third-order valence-corrected chi connectivity index (χ3v) is 3.95. The van der Waals surface area contributed by atoms with E-state index in [0.29, 0.717) is 10.7 Å². The molecule has 0 aliphatic heterocycles. The van der Waals surface area contributed by atoms with Crippen molar-refractivity contribution in [2.75, 3.05) is 0 Å². The molecule has 0 N–H and O–H groups in total. The first-order chi connectivity index (χ1) is 8.85.